The zero-order chi connectivity index (χ0) is 12.7. The third-order valence-electron chi connectivity index (χ3n) is 2.62. The summed E-state index contributed by atoms with van der Waals surface area (Å²) in [6.45, 7) is 4.20. The minimum Gasteiger partial charge on any atom is -0.383 e. The SMILES string of the molecule is COCC(C)N(C)Cc1sccc1C#CCN. The third kappa shape index (κ3) is 4.49. The van der Waals surface area contributed by atoms with Crippen molar-refractivity contribution in [1.82, 2.24) is 4.90 Å². The molecule has 0 bridgehead atoms. The second kappa shape index (κ2) is 7.46. The summed E-state index contributed by atoms with van der Waals surface area (Å²) in [5, 5.41) is 2.07. The van der Waals surface area contributed by atoms with Crippen molar-refractivity contribution in [2.45, 2.75) is 19.5 Å². The predicted octanol–water partition coefficient (Wildman–Crippen LogP) is 1.53. The van der Waals surface area contributed by atoms with Crippen LogP contribution in [0.15, 0.2) is 11.4 Å². The lowest BCUT2D eigenvalue weighted by molar-refractivity contribution is 0.112. The van der Waals surface area contributed by atoms with Crippen molar-refractivity contribution in [3.63, 3.8) is 0 Å². The van der Waals surface area contributed by atoms with Crippen molar-refractivity contribution in [3.8, 4) is 11.8 Å². The lowest BCUT2D eigenvalue weighted by Gasteiger charge is -2.23. The summed E-state index contributed by atoms with van der Waals surface area (Å²) >= 11 is 1.74. The van der Waals surface area contributed by atoms with Crippen LogP contribution >= 0.6 is 11.3 Å². The molecular weight excluding hydrogens is 232 g/mol. The van der Waals surface area contributed by atoms with Crippen LogP contribution in [-0.4, -0.2) is 38.3 Å². The highest BCUT2D eigenvalue weighted by atomic mass is 32.1. The molecule has 0 aliphatic rings. The van der Waals surface area contributed by atoms with Crippen LogP contribution in [0.2, 0.25) is 0 Å². The number of hydrogen-bond donors (Lipinski definition) is 1. The van der Waals surface area contributed by atoms with Gasteiger partial charge in [0, 0.05) is 30.1 Å². The zero-order valence-electron chi connectivity index (χ0n) is 10.7. The lowest BCUT2D eigenvalue weighted by Crippen LogP contribution is -2.32. The Morgan fingerprint density at radius 3 is 3.00 bits per heavy atom. The quantitative estimate of drug-likeness (QED) is 0.808. The molecular formula is C13H20N2OS. The monoisotopic (exact) mass is 252 g/mol. The number of nitrogens with zero attached hydrogens (tertiary/aromatic N) is 1. The molecule has 1 atom stereocenters. The Balaban J connectivity index is 2.65. The first-order chi connectivity index (χ1) is 8.19. The van der Waals surface area contributed by atoms with E-state index in [9.17, 15) is 0 Å². The summed E-state index contributed by atoms with van der Waals surface area (Å²) in [5.74, 6) is 6.01. The number of nitrogens with two attached hydrogens (primary N) is 1. The van der Waals surface area contributed by atoms with Gasteiger partial charge in [-0.05, 0) is 25.4 Å². The van der Waals surface area contributed by atoms with E-state index >= 15 is 0 Å². The van der Waals surface area contributed by atoms with Gasteiger partial charge >= 0.3 is 0 Å². The molecule has 0 fully saturated rings. The second-order valence-electron chi connectivity index (χ2n) is 3.98. The Labute approximate surface area is 108 Å². The number of hydrogen-bond acceptors (Lipinski definition) is 4. The molecule has 2 N–H and O–H groups in total. The van der Waals surface area contributed by atoms with E-state index < -0.39 is 0 Å². The van der Waals surface area contributed by atoms with Crippen LogP contribution in [-0.2, 0) is 11.3 Å². The number of rotatable bonds is 5. The van der Waals surface area contributed by atoms with Crippen molar-refractivity contribution in [2.24, 2.45) is 5.73 Å². The van der Waals surface area contributed by atoms with Gasteiger partial charge in [-0.3, -0.25) is 4.90 Å². The highest BCUT2D eigenvalue weighted by molar-refractivity contribution is 7.10. The smallest absolute Gasteiger partial charge is 0.0615 e. The van der Waals surface area contributed by atoms with Gasteiger partial charge in [-0.1, -0.05) is 11.8 Å². The topological polar surface area (TPSA) is 38.5 Å². The van der Waals surface area contributed by atoms with Gasteiger partial charge in [-0.2, -0.15) is 0 Å². The molecule has 1 unspecified atom stereocenters. The van der Waals surface area contributed by atoms with Crippen molar-refractivity contribution in [2.75, 3.05) is 27.3 Å². The molecule has 0 aliphatic heterocycles. The van der Waals surface area contributed by atoms with Gasteiger partial charge in [0.15, 0.2) is 0 Å². The van der Waals surface area contributed by atoms with E-state index in [0.717, 1.165) is 18.7 Å². The van der Waals surface area contributed by atoms with E-state index in [2.05, 4.69) is 42.2 Å². The summed E-state index contributed by atoms with van der Waals surface area (Å²) in [4.78, 5) is 3.56. The normalized spacial score (nSPS) is 12.3. The maximum Gasteiger partial charge on any atom is 0.0615 e. The fraction of sp³-hybridized carbons (Fsp3) is 0.538. The van der Waals surface area contributed by atoms with E-state index in [-0.39, 0.29) is 0 Å². The van der Waals surface area contributed by atoms with Crippen molar-refractivity contribution >= 4 is 11.3 Å². The van der Waals surface area contributed by atoms with Crippen LogP contribution in [0, 0.1) is 11.8 Å². The van der Waals surface area contributed by atoms with Crippen LogP contribution < -0.4 is 5.73 Å². The highest BCUT2D eigenvalue weighted by Crippen LogP contribution is 2.18. The van der Waals surface area contributed by atoms with E-state index in [1.807, 2.05) is 0 Å². The predicted molar refractivity (Wildman–Crippen MR) is 73.1 cm³/mol. The minimum atomic E-state index is 0.400. The number of methoxy groups -OCH3 is 1. The summed E-state index contributed by atoms with van der Waals surface area (Å²) in [7, 11) is 3.83. The van der Waals surface area contributed by atoms with E-state index in [4.69, 9.17) is 10.5 Å². The fourth-order valence-corrected chi connectivity index (χ4v) is 2.36. The van der Waals surface area contributed by atoms with Crippen LogP contribution in [0.25, 0.3) is 0 Å². The fourth-order valence-electron chi connectivity index (χ4n) is 1.47. The standard InChI is InChI=1S/C13H20N2OS/c1-11(10-16-3)15(2)9-13-12(5-4-7-14)6-8-17-13/h6,8,11H,7,9-10,14H2,1-3H3. The Kier molecular flexibility index (Phi) is 6.23. The molecule has 0 saturated heterocycles. The molecule has 4 heteroatoms. The first kappa shape index (κ1) is 14.2. The zero-order valence-corrected chi connectivity index (χ0v) is 11.5. The summed E-state index contributed by atoms with van der Waals surface area (Å²) in [5.41, 5.74) is 6.48. The van der Waals surface area contributed by atoms with E-state index in [0.29, 0.717) is 12.6 Å². The molecule has 1 heterocycles. The van der Waals surface area contributed by atoms with Gasteiger partial charge < -0.3 is 10.5 Å². The van der Waals surface area contributed by atoms with Crippen LogP contribution in [0.3, 0.4) is 0 Å². The minimum absolute atomic E-state index is 0.400. The van der Waals surface area contributed by atoms with Crippen LogP contribution in [0.1, 0.15) is 17.4 Å². The Morgan fingerprint density at radius 2 is 2.35 bits per heavy atom. The van der Waals surface area contributed by atoms with Gasteiger partial charge in [0.05, 0.1) is 13.2 Å². The Morgan fingerprint density at radius 1 is 1.59 bits per heavy atom. The van der Waals surface area contributed by atoms with E-state index in [1.54, 1.807) is 18.4 Å². The number of thiophene rings is 1. The lowest BCUT2D eigenvalue weighted by atomic mass is 10.2. The molecule has 0 aliphatic carbocycles. The van der Waals surface area contributed by atoms with E-state index in [1.165, 1.54) is 4.88 Å². The number of ether oxygens (including phenoxy) is 1. The van der Waals surface area contributed by atoms with Crippen molar-refractivity contribution in [3.05, 3.63) is 21.9 Å². The molecule has 0 radical (unpaired) electrons. The largest absolute Gasteiger partial charge is 0.383 e. The van der Waals surface area contributed by atoms with Crippen molar-refractivity contribution in [1.29, 1.82) is 0 Å². The maximum absolute atomic E-state index is 5.39. The Hall–Kier alpha value is -0.860. The molecule has 94 valence electrons. The highest BCUT2D eigenvalue weighted by Gasteiger charge is 2.11. The summed E-state index contributed by atoms with van der Waals surface area (Å²) in [6, 6.07) is 2.45. The molecule has 0 saturated carbocycles. The maximum atomic E-state index is 5.39. The molecule has 0 spiro atoms. The summed E-state index contributed by atoms with van der Waals surface area (Å²) < 4.78 is 5.16. The van der Waals surface area contributed by atoms with Crippen LogP contribution in [0.4, 0.5) is 0 Å². The molecule has 0 amide bonds. The molecule has 1 aromatic rings. The second-order valence-corrected chi connectivity index (χ2v) is 4.98. The molecule has 3 nitrogen and oxygen atoms in total. The average molecular weight is 252 g/mol. The van der Waals surface area contributed by atoms with Crippen LogP contribution in [0.5, 0.6) is 0 Å². The molecule has 1 rings (SSSR count). The van der Waals surface area contributed by atoms with Crippen molar-refractivity contribution < 1.29 is 4.74 Å². The van der Waals surface area contributed by atoms with Gasteiger partial charge in [-0.15, -0.1) is 11.3 Å². The Bertz CT molecular complexity index is 392. The third-order valence-corrected chi connectivity index (χ3v) is 3.53. The first-order valence-corrected chi connectivity index (χ1v) is 6.51. The van der Waals surface area contributed by atoms with Gasteiger partial charge in [0.25, 0.3) is 0 Å². The number of likely N-dealkylation sites (N-methyl/N-ethyl adjacent to an activating group) is 1. The molecule has 1 aromatic heterocycles. The molecule has 0 aromatic carbocycles. The van der Waals surface area contributed by atoms with Gasteiger partial charge in [-0.25, -0.2) is 0 Å². The average Bonchev–Trinajstić information content (AvgIpc) is 2.74. The summed E-state index contributed by atoms with van der Waals surface area (Å²) in [6.07, 6.45) is 0. The van der Waals surface area contributed by atoms with Gasteiger partial charge in [0.1, 0.15) is 0 Å². The first-order valence-electron chi connectivity index (χ1n) is 5.63. The molecule has 17 heavy (non-hydrogen) atoms. The van der Waals surface area contributed by atoms with Gasteiger partial charge in [0.2, 0.25) is 0 Å².